The number of thiophene rings is 1. The molecule has 0 atom stereocenters. The third-order valence-electron chi connectivity index (χ3n) is 2.36. The van der Waals surface area contributed by atoms with Crippen LogP contribution in [0.2, 0.25) is 0 Å². The van der Waals surface area contributed by atoms with Crippen LogP contribution in [-0.2, 0) is 16.6 Å². The molecule has 2 rings (SSSR count). The highest BCUT2D eigenvalue weighted by atomic mass is 32.2. The number of hydrogen-bond acceptors (Lipinski definition) is 6. The van der Waals surface area contributed by atoms with Crippen molar-refractivity contribution in [3.8, 4) is 0 Å². The Hall–Kier alpha value is -0.960. The van der Waals surface area contributed by atoms with E-state index in [4.69, 9.17) is 0 Å². The van der Waals surface area contributed by atoms with Gasteiger partial charge in [0.1, 0.15) is 4.90 Å². The van der Waals surface area contributed by atoms with Crippen molar-refractivity contribution in [2.24, 2.45) is 0 Å². The Morgan fingerprint density at radius 2 is 2.16 bits per heavy atom. The van der Waals surface area contributed by atoms with E-state index < -0.39 is 10.0 Å². The summed E-state index contributed by atoms with van der Waals surface area (Å²) in [5.74, 6) is 0. The standard InChI is InChI=1S/C11H15N3O2S3/c1-2-4-12-8-9-10(3-6-17-9)19(15,16)14-11-13-5-7-18-11/h3,5-7,12H,2,4,8H2,1H3,(H,13,14). The Morgan fingerprint density at radius 3 is 2.84 bits per heavy atom. The first-order chi connectivity index (χ1) is 9.13. The summed E-state index contributed by atoms with van der Waals surface area (Å²) < 4.78 is 27.0. The molecule has 8 heteroatoms. The smallest absolute Gasteiger partial charge is 0.264 e. The fourth-order valence-electron chi connectivity index (χ4n) is 1.52. The van der Waals surface area contributed by atoms with E-state index in [2.05, 4.69) is 21.9 Å². The van der Waals surface area contributed by atoms with Crippen molar-refractivity contribution < 1.29 is 8.42 Å². The van der Waals surface area contributed by atoms with Crippen LogP contribution < -0.4 is 10.0 Å². The molecule has 0 saturated carbocycles. The maximum Gasteiger partial charge on any atom is 0.264 e. The number of sulfonamides is 1. The molecule has 0 amide bonds. The lowest BCUT2D eigenvalue weighted by atomic mass is 10.4. The second-order valence-electron chi connectivity index (χ2n) is 3.83. The third kappa shape index (κ3) is 3.75. The van der Waals surface area contributed by atoms with Crippen LogP contribution in [0.15, 0.2) is 27.9 Å². The molecule has 0 aliphatic rings. The number of anilines is 1. The van der Waals surface area contributed by atoms with Gasteiger partial charge in [0.2, 0.25) is 0 Å². The lowest BCUT2D eigenvalue weighted by molar-refractivity contribution is 0.599. The monoisotopic (exact) mass is 317 g/mol. The van der Waals surface area contributed by atoms with Gasteiger partial charge in [0, 0.05) is 23.0 Å². The van der Waals surface area contributed by atoms with Crippen molar-refractivity contribution in [1.29, 1.82) is 0 Å². The normalized spacial score (nSPS) is 11.6. The van der Waals surface area contributed by atoms with Crippen molar-refractivity contribution in [1.82, 2.24) is 10.3 Å². The SMILES string of the molecule is CCCNCc1sccc1S(=O)(=O)Nc1nccs1. The van der Waals surface area contributed by atoms with E-state index in [1.807, 2.05) is 0 Å². The van der Waals surface area contributed by atoms with Gasteiger partial charge in [0.05, 0.1) is 0 Å². The Balaban J connectivity index is 2.14. The van der Waals surface area contributed by atoms with Crippen LogP contribution in [0.5, 0.6) is 0 Å². The minimum atomic E-state index is -3.54. The summed E-state index contributed by atoms with van der Waals surface area (Å²) in [6, 6.07) is 1.63. The van der Waals surface area contributed by atoms with Gasteiger partial charge in [-0.1, -0.05) is 6.92 Å². The average Bonchev–Trinajstić information content (AvgIpc) is 3.00. The van der Waals surface area contributed by atoms with Crippen molar-refractivity contribution >= 4 is 37.8 Å². The van der Waals surface area contributed by atoms with Gasteiger partial charge in [-0.25, -0.2) is 13.4 Å². The predicted octanol–water partition coefficient (Wildman–Crippen LogP) is 2.50. The van der Waals surface area contributed by atoms with Crippen LogP contribution in [-0.4, -0.2) is 19.9 Å². The van der Waals surface area contributed by atoms with Gasteiger partial charge < -0.3 is 5.32 Å². The maximum absolute atomic E-state index is 12.2. The molecule has 0 radical (unpaired) electrons. The number of nitrogens with one attached hydrogen (secondary N) is 2. The van der Waals surface area contributed by atoms with E-state index in [0.29, 0.717) is 16.6 Å². The van der Waals surface area contributed by atoms with Crippen LogP contribution >= 0.6 is 22.7 Å². The number of hydrogen-bond donors (Lipinski definition) is 2. The summed E-state index contributed by atoms with van der Waals surface area (Å²) in [5.41, 5.74) is 0. The molecule has 19 heavy (non-hydrogen) atoms. The quantitative estimate of drug-likeness (QED) is 0.770. The molecule has 2 heterocycles. The van der Waals surface area contributed by atoms with Crippen molar-refractivity contribution in [3.63, 3.8) is 0 Å². The molecule has 0 unspecified atom stereocenters. The number of nitrogens with zero attached hydrogens (tertiary/aromatic N) is 1. The molecule has 0 saturated heterocycles. The summed E-state index contributed by atoms with van der Waals surface area (Å²) in [6.07, 6.45) is 2.59. The highest BCUT2D eigenvalue weighted by molar-refractivity contribution is 7.93. The molecule has 0 aromatic carbocycles. The summed E-state index contributed by atoms with van der Waals surface area (Å²) in [5, 5.41) is 7.12. The first kappa shape index (κ1) is 14.4. The summed E-state index contributed by atoms with van der Waals surface area (Å²) in [4.78, 5) is 5.08. The van der Waals surface area contributed by atoms with Gasteiger partial charge in [0.25, 0.3) is 10.0 Å². The molecule has 5 nitrogen and oxygen atoms in total. The van der Waals surface area contributed by atoms with Crippen LogP contribution in [0.3, 0.4) is 0 Å². The van der Waals surface area contributed by atoms with Crippen LogP contribution in [0.25, 0.3) is 0 Å². The van der Waals surface area contributed by atoms with Gasteiger partial charge in [-0.15, -0.1) is 22.7 Å². The van der Waals surface area contributed by atoms with E-state index >= 15 is 0 Å². The molecule has 0 aliphatic heterocycles. The lowest BCUT2D eigenvalue weighted by Gasteiger charge is -2.07. The minimum Gasteiger partial charge on any atom is -0.312 e. The molecule has 2 aromatic rings. The largest absolute Gasteiger partial charge is 0.312 e. The van der Waals surface area contributed by atoms with Gasteiger partial charge in [-0.3, -0.25) is 4.72 Å². The first-order valence-electron chi connectivity index (χ1n) is 5.83. The zero-order valence-corrected chi connectivity index (χ0v) is 12.9. The Morgan fingerprint density at radius 1 is 1.32 bits per heavy atom. The van der Waals surface area contributed by atoms with E-state index in [9.17, 15) is 8.42 Å². The zero-order valence-electron chi connectivity index (χ0n) is 10.4. The molecule has 2 N–H and O–H groups in total. The van der Waals surface area contributed by atoms with Crippen LogP contribution in [0.1, 0.15) is 18.2 Å². The topological polar surface area (TPSA) is 71.1 Å². The van der Waals surface area contributed by atoms with E-state index in [-0.39, 0.29) is 0 Å². The molecular formula is C11H15N3O2S3. The summed E-state index contributed by atoms with van der Waals surface area (Å²) >= 11 is 2.70. The average molecular weight is 317 g/mol. The second kappa shape index (κ2) is 6.47. The van der Waals surface area contributed by atoms with E-state index in [1.165, 1.54) is 22.7 Å². The van der Waals surface area contributed by atoms with Crippen LogP contribution in [0.4, 0.5) is 5.13 Å². The molecule has 0 fully saturated rings. The third-order valence-corrected chi connectivity index (χ3v) is 5.65. The highest BCUT2D eigenvalue weighted by Crippen LogP contribution is 2.24. The summed E-state index contributed by atoms with van der Waals surface area (Å²) in [7, 11) is -3.54. The first-order valence-corrected chi connectivity index (χ1v) is 9.07. The zero-order chi connectivity index (χ0) is 13.7. The van der Waals surface area contributed by atoms with Gasteiger partial charge in [-0.2, -0.15) is 0 Å². The van der Waals surface area contributed by atoms with Gasteiger partial charge in [0.15, 0.2) is 5.13 Å². The van der Waals surface area contributed by atoms with E-state index in [0.717, 1.165) is 17.8 Å². The molecule has 104 valence electrons. The highest BCUT2D eigenvalue weighted by Gasteiger charge is 2.20. The van der Waals surface area contributed by atoms with Gasteiger partial charge >= 0.3 is 0 Å². The number of aromatic nitrogens is 1. The molecule has 2 aromatic heterocycles. The van der Waals surface area contributed by atoms with E-state index in [1.54, 1.807) is 23.0 Å². The van der Waals surface area contributed by atoms with Crippen molar-refractivity contribution in [3.05, 3.63) is 27.9 Å². The predicted molar refractivity (Wildman–Crippen MR) is 79.2 cm³/mol. The Kier molecular flexibility index (Phi) is 4.92. The van der Waals surface area contributed by atoms with Crippen LogP contribution in [0, 0.1) is 0 Å². The fraction of sp³-hybridized carbons (Fsp3) is 0.364. The van der Waals surface area contributed by atoms with Crippen molar-refractivity contribution in [2.75, 3.05) is 11.3 Å². The Bertz CT molecular complexity index is 605. The molecule has 0 aliphatic carbocycles. The van der Waals surface area contributed by atoms with Gasteiger partial charge in [-0.05, 0) is 24.4 Å². The molecular weight excluding hydrogens is 302 g/mol. The van der Waals surface area contributed by atoms with Crippen molar-refractivity contribution in [2.45, 2.75) is 24.8 Å². The molecule has 0 spiro atoms. The lowest BCUT2D eigenvalue weighted by Crippen LogP contribution is -2.17. The number of rotatable bonds is 7. The maximum atomic E-state index is 12.2. The Labute approximate surface area is 120 Å². The fourth-order valence-corrected chi connectivity index (χ4v) is 4.72. The number of thiazole rings is 1. The molecule has 0 bridgehead atoms. The minimum absolute atomic E-state index is 0.330. The summed E-state index contributed by atoms with van der Waals surface area (Å²) in [6.45, 7) is 3.51. The second-order valence-corrected chi connectivity index (χ2v) is 7.37.